The number of hydrogen-bond donors (Lipinski definition) is 0. The highest BCUT2D eigenvalue weighted by Crippen LogP contribution is 2.40. The van der Waals surface area contributed by atoms with Gasteiger partial charge < -0.3 is 8.98 Å². The van der Waals surface area contributed by atoms with Gasteiger partial charge in [0.25, 0.3) is 0 Å². The van der Waals surface area contributed by atoms with Gasteiger partial charge in [-0.3, -0.25) is 0 Å². The smallest absolute Gasteiger partial charge is 0.164 e. The lowest BCUT2D eigenvalue weighted by molar-refractivity contribution is 0.669. The number of nitrogens with zero attached hydrogens (tertiary/aromatic N) is 4. The average Bonchev–Trinajstić information content (AvgIpc) is 3.83. The Morgan fingerprint density at radius 2 is 0.893 bits per heavy atom. The van der Waals surface area contributed by atoms with E-state index in [1.807, 2.05) is 72.8 Å². The molecule has 0 N–H and O–H groups in total. The van der Waals surface area contributed by atoms with Crippen LogP contribution in [0.15, 0.2) is 199 Å². The number of aromatic nitrogens is 4. The Bertz CT molecular complexity index is 3180. The maximum absolute atomic E-state index is 6.26. The molecule has 3 heterocycles. The second kappa shape index (κ2) is 13.0. The van der Waals surface area contributed by atoms with E-state index < -0.39 is 0 Å². The maximum Gasteiger partial charge on any atom is 0.164 e. The number of para-hydroxylation sites is 2. The Hall–Kier alpha value is -7.63. The van der Waals surface area contributed by atoms with Gasteiger partial charge in [-0.1, -0.05) is 152 Å². The highest BCUT2D eigenvalue weighted by molar-refractivity contribution is 6.14. The van der Waals surface area contributed by atoms with Crippen molar-refractivity contribution in [2.24, 2.45) is 0 Å². The van der Waals surface area contributed by atoms with Crippen LogP contribution in [0, 0.1) is 0 Å². The third kappa shape index (κ3) is 5.37. The summed E-state index contributed by atoms with van der Waals surface area (Å²) in [6, 6.07) is 67.6. The third-order valence-electron chi connectivity index (χ3n) is 10.7. The fourth-order valence-electron chi connectivity index (χ4n) is 8.01. The van der Waals surface area contributed by atoms with Gasteiger partial charge in [0.15, 0.2) is 17.5 Å². The number of furan rings is 1. The first kappa shape index (κ1) is 31.9. The summed E-state index contributed by atoms with van der Waals surface area (Å²) in [5, 5.41) is 4.70. The second-order valence-electron chi connectivity index (χ2n) is 14.0. The lowest BCUT2D eigenvalue weighted by Crippen LogP contribution is -2.00. The minimum atomic E-state index is 0.636. The quantitative estimate of drug-likeness (QED) is 0.172. The molecule has 0 fully saturated rings. The van der Waals surface area contributed by atoms with Crippen molar-refractivity contribution in [2.75, 3.05) is 0 Å². The van der Waals surface area contributed by atoms with Crippen LogP contribution < -0.4 is 0 Å². The van der Waals surface area contributed by atoms with Crippen LogP contribution in [0.3, 0.4) is 0 Å². The molecule has 0 aliphatic carbocycles. The lowest BCUT2D eigenvalue weighted by Gasteiger charge is -2.12. The zero-order valence-electron chi connectivity index (χ0n) is 30.2. The molecular weight excluding hydrogens is 685 g/mol. The van der Waals surface area contributed by atoms with Crippen molar-refractivity contribution in [3.05, 3.63) is 194 Å². The highest BCUT2D eigenvalue weighted by Gasteiger charge is 2.17. The van der Waals surface area contributed by atoms with Gasteiger partial charge in [-0.2, -0.15) is 0 Å². The summed E-state index contributed by atoms with van der Waals surface area (Å²) in [6.07, 6.45) is 0. The molecule has 0 unspecified atom stereocenters. The zero-order valence-corrected chi connectivity index (χ0v) is 30.2. The van der Waals surface area contributed by atoms with Crippen LogP contribution in [-0.4, -0.2) is 19.5 Å². The van der Waals surface area contributed by atoms with E-state index >= 15 is 0 Å². The fraction of sp³-hybridized carbons (Fsp3) is 0. The van der Waals surface area contributed by atoms with Crippen LogP contribution in [0.4, 0.5) is 0 Å². The van der Waals surface area contributed by atoms with Gasteiger partial charge in [-0.05, 0) is 64.7 Å². The van der Waals surface area contributed by atoms with E-state index in [4.69, 9.17) is 19.4 Å². The molecule has 262 valence electrons. The van der Waals surface area contributed by atoms with Crippen LogP contribution in [0.1, 0.15) is 0 Å². The minimum absolute atomic E-state index is 0.636. The Morgan fingerprint density at radius 1 is 0.339 bits per heavy atom. The molecule has 0 atom stereocenters. The second-order valence-corrected chi connectivity index (χ2v) is 14.0. The highest BCUT2D eigenvalue weighted by atomic mass is 16.3. The zero-order chi connectivity index (χ0) is 37.0. The van der Waals surface area contributed by atoms with Crippen LogP contribution >= 0.6 is 0 Å². The molecule has 8 aromatic carbocycles. The molecule has 5 nitrogen and oxygen atoms in total. The Morgan fingerprint density at radius 3 is 1.64 bits per heavy atom. The summed E-state index contributed by atoms with van der Waals surface area (Å²) in [4.78, 5) is 14.8. The van der Waals surface area contributed by atoms with Crippen molar-refractivity contribution in [3.8, 4) is 62.1 Å². The summed E-state index contributed by atoms with van der Waals surface area (Å²) < 4.78 is 8.63. The Labute approximate surface area is 322 Å². The molecule has 0 aliphatic rings. The molecule has 0 saturated heterocycles. The first-order valence-electron chi connectivity index (χ1n) is 18.8. The molecule has 11 rings (SSSR count). The van der Waals surface area contributed by atoms with E-state index in [1.165, 1.54) is 16.3 Å². The molecule has 0 aliphatic heterocycles. The third-order valence-corrected chi connectivity index (χ3v) is 10.7. The summed E-state index contributed by atoms with van der Waals surface area (Å²) in [6.45, 7) is 0. The molecule has 0 amide bonds. The van der Waals surface area contributed by atoms with Gasteiger partial charge in [-0.25, -0.2) is 15.0 Å². The monoisotopic (exact) mass is 716 g/mol. The number of fused-ring (bicyclic) bond motifs is 6. The van der Waals surface area contributed by atoms with Crippen molar-refractivity contribution in [3.63, 3.8) is 0 Å². The van der Waals surface area contributed by atoms with Crippen molar-refractivity contribution >= 4 is 43.7 Å². The first-order chi connectivity index (χ1) is 27.7. The van der Waals surface area contributed by atoms with Gasteiger partial charge in [0.1, 0.15) is 11.2 Å². The summed E-state index contributed by atoms with van der Waals surface area (Å²) in [5.41, 5.74) is 12.5. The molecular formula is C51H32N4O. The largest absolute Gasteiger partial charge is 0.456 e. The van der Waals surface area contributed by atoms with Crippen LogP contribution in [0.5, 0.6) is 0 Å². The van der Waals surface area contributed by atoms with E-state index in [-0.39, 0.29) is 0 Å². The molecule has 3 aromatic heterocycles. The molecule has 0 saturated carbocycles. The normalized spacial score (nSPS) is 11.6. The Kier molecular flexibility index (Phi) is 7.42. The maximum atomic E-state index is 6.26. The molecule has 0 radical (unpaired) electrons. The molecule has 56 heavy (non-hydrogen) atoms. The van der Waals surface area contributed by atoms with E-state index in [0.29, 0.717) is 17.5 Å². The summed E-state index contributed by atoms with van der Waals surface area (Å²) >= 11 is 0. The average molecular weight is 717 g/mol. The SMILES string of the molecule is c1ccc(-c2nc(-c3ccccc3)nc(-c3cccc(-c4ccc(-n5c6ccccc6c6ccc(-c7cccc8oc9ccccc9c78)cc65)cc4)c3)n2)cc1. The van der Waals surface area contributed by atoms with Gasteiger partial charge in [0.05, 0.1) is 11.0 Å². The molecule has 5 heteroatoms. The van der Waals surface area contributed by atoms with Crippen molar-refractivity contribution in [1.29, 1.82) is 0 Å². The van der Waals surface area contributed by atoms with Gasteiger partial charge in [-0.15, -0.1) is 0 Å². The van der Waals surface area contributed by atoms with E-state index in [9.17, 15) is 0 Å². The Balaban J connectivity index is 1.00. The summed E-state index contributed by atoms with van der Waals surface area (Å²) in [7, 11) is 0. The predicted octanol–water partition coefficient (Wildman–Crippen LogP) is 13.2. The topological polar surface area (TPSA) is 56.7 Å². The van der Waals surface area contributed by atoms with Gasteiger partial charge in [0.2, 0.25) is 0 Å². The van der Waals surface area contributed by atoms with Crippen LogP contribution in [-0.2, 0) is 0 Å². The number of benzene rings is 8. The molecule has 0 spiro atoms. The number of hydrogen-bond acceptors (Lipinski definition) is 4. The summed E-state index contributed by atoms with van der Waals surface area (Å²) in [5.74, 6) is 1.93. The van der Waals surface area contributed by atoms with E-state index in [1.54, 1.807) is 0 Å². The van der Waals surface area contributed by atoms with Crippen LogP contribution in [0.25, 0.3) is 106 Å². The molecule has 0 bridgehead atoms. The van der Waals surface area contributed by atoms with Crippen molar-refractivity contribution < 1.29 is 4.42 Å². The molecule has 11 aromatic rings. The number of rotatable bonds is 6. The van der Waals surface area contributed by atoms with Crippen LogP contribution in [0.2, 0.25) is 0 Å². The first-order valence-corrected chi connectivity index (χ1v) is 18.8. The van der Waals surface area contributed by atoms with Gasteiger partial charge >= 0.3 is 0 Å². The van der Waals surface area contributed by atoms with Crippen molar-refractivity contribution in [2.45, 2.75) is 0 Å². The van der Waals surface area contributed by atoms with Crippen molar-refractivity contribution in [1.82, 2.24) is 19.5 Å². The fourth-order valence-corrected chi connectivity index (χ4v) is 8.01. The van der Waals surface area contributed by atoms with E-state index in [0.717, 1.165) is 72.1 Å². The van der Waals surface area contributed by atoms with E-state index in [2.05, 4.69) is 126 Å². The minimum Gasteiger partial charge on any atom is -0.456 e. The lowest BCUT2D eigenvalue weighted by atomic mass is 9.98. The standard InChI is InChI=1S/C51H32N4O/c1-3-13-34(14-4-1)49-52-50(35-15-5-2-6-16-35)54-51(53-49)38-18-11-17-36(31-38)33-25-28-39(29-26-33)55-44-22-9-7-19-41(44)42-30-27-37(32-45(42)55)40-21-12-24-47-48(40)43-20-8-10-23-46(43)56-47/h1-32H. The predicted molar refractivity (Wildman–Crippen MR) is 229 cm³/mol. The van der Waals surface area contributed by atoms with Gasteiger partial charge in [0, 0.05) is 43.9 Å².